The van der Waals surface area contributed by atoms with E-state index in [2.05, 4.69) is 70.5 Å². The Morgan fingerprint density at radius 1 is 0.786 bits per heavy atom. The lowest BCUT2D eigenvalue weighted by Gasteiger charge is -2.50. The molecule has 2 aliphatic rings. The predicted octanol–water partition coefficient (Wildman–Crippen LogP) is 4.66. The van der Waals surface area contributed by atoms with E-state index in [0.717, 1.165) is 38.2 Å². The van der Waals surface area contributed by atoms with Gasteiger partial charge in [-0.05, 0) is 40.8 Å². The molecule has 0 aliphatic carbocycles. The van der Waals surface area contributed by atoms with E-state index >= 15 is 0 Å². The number of likely N-dealkylation sites (tertiary alicyclic amines) is 1. The Balaban J connectivity index is 1.32. The average molecular weight is 372 g/mol. The molecule has 1 saturated heterocycles. The number of rotatable bonds is 4. The van der Waals surface area contributed by atoms with Crippen LogP contribution in [0.2, 0.25) is 0 Å². The maximum atomic E-state index is 13.6. The molecule has 0 saturated carbocycles. The molecule has 28 heavy (non-hydrogen) atoms. The third-order valence-electron chi connectivity index (χ3n) is 6.21. The monoisotopic (exact) mass is 372 g/mol. The van der Waals surface area contributed by atoms with Crippen LogP contribution in [0.1, 0.15) is 28.3 Å². The number of hydrogen-bond acceptors (Lipinski definition) is 2. The first-order chi connectivity index (χ1) is 13.8. The van der Waals surface area contributed by atoms with Crippen LogP contribution in [-0.4, -0.2) is 35.5 Å². The summed E-state index contributed by atoms with van der Waals surface area (Å²) in [6.45, 7) is 4.05. The summed E-state index contributed by atoms with van der Waals surface area (Å²) in [5, 5.41) is 0. The molecule has 1 fully saturated rings. The van der Waals surface area contributed by atoms with Gasteiger partial charge in [0.15, 0.2) is 0 Å². The maximum Gasteiger partial charge on any atom is 0.123 e. The third-order valence-corrected chi connectivity index (χ3v) is 6.21. The second-order valence-electron chi connectivity index (χ2n) is 7.97. The normalized spacial score (nSPS) is 18.1. The molecule has 0 spiro atoms. The molecule has 0 unspecified atom stereocenters. The van der Waals surface area contributed by atoms with Crippen molar-refractivity contribution in [2.45, 2.75) is 25.0 Å². The minimum Gasteiger partial charge on any atom is -0.293 e. The Bertz CT molecular complexity index is 896. The maximum absolute atomic E-state index is 13.6. The summed E-state index contributed by atoms with van der Waals surface area (Å²) >= 11 is 0. The van der Waals surface area contributed by atoms with Crippen LogP contribution in [0.3, 0.4) is 0 Å². The van der Waals surface area contributed by atoms with Crippen LogP contribution in [-0.2, 0) is 13.0 Å². The van der Waals surface area contributed by atoms with E-state index in [-0.39, 0.29) is 5.82 Å². The van der Waals surface area contributed by atoms with Gasteiger partial charge >= 0.3 is 0 Å². The fourth-order valence-electron chi connectivity index (χ4n) is 4.67. The standard InChI is InChI=1S/C25H25FN2/c26-23-12-11-19-13-14-27(16-22(19)15-23)24-17-28(18-24)25(20-7-3-1-4-8-20)21-9-5-2-6-10-21/h1-12,15,24-25H,13-14,16-18H2. The third kappa shape index (κ3) is 3.36. The average Bonchev–Trinajstić information content (AvgIpc) is 2.71. The first kappa shape index (κ1) is 17.6. The predicted molar refractivity (Wildman–Crippen MR) is 111 cm³/mol. The highest BCUT2D eigenvalue weighted by atomic mass is 19.1. The summed E-state index contributed by atoms with van der Waals surface area (Å²) in [7, 11) is 0. The number of nitrogens with zero attached hydrogens (tertiary/aromatic N) is 2. The molecule has 3 aromatic rings. The first-order valence-corrected chi connectivity index (χ1v) is 10.1. The van der Waals surface area contributed by atoms with Gasteiger partial charge in [0.1, 0.15) is 5.82 Å². The quantitative estimate of drug-likeness (QED) is 0.657. The Morgan fingerprint density at radius 2 is 1.43 bits per heavy atom. The van der Waals surface area contributed by atoms with Crippen LogP contribution < -0.4 is 0 Å². The van der Waals surface area contributed by atoms with Crippen molar-refractivity contribution < 1.29 is 4.39 Å². The largest absolute Gasteiger partial charge is 0.293 e. The number of benzene rings is 3. The van der Waals surface area contributed by atoms with E-state index in [1.54, 1.807) is 12.1 Å². The van der Waals surface area contributed by atoms with Crippen LogP contribution in [0.5, 0.6) is 0 Å². The summed E-state index contributed by atoms with van der Waals surface area (Å²) in [5.41, 5.74) is 5.16. The Labute approximate surface area is 166 Å². The van der Waals surface area contributed by atoms with E-state index in [9.17, 15) is 4.39 Å². The number of fused-ring (bicyclic) bond motifs is 1. The molecule has 2 heterocycles. The van der Waals surface area contributed by atoms with Crippen molar-refractivity contribution in [3.05, 3.63) is 107 Å². The molecule has 2 nitrogen and oxygen atoms in total. The second-order valence-corrected chi connectivity index (χ2v) is 7.97. The fraction of sp³-hybridized carbons (Fsp3) is 0.280. The topological polar surface area (TPSA) is 6.48 Å². The van der Waals surface area contributed by atoms with Crippen molar-refractivity contribution in [1.82, 2.24) is 9.80 Å². The fourth-order valence-corrected chi connectivity index (χ4v) is 4.67. The molecular weight excluding hydrogens is 347 g/mol. The van der Waals surface area contributed by atoms with Gasteiger partial charge in [-0.3, -0.25) is 9.80 Å². The van der Waals surface area contributed by atoms with Crippen LogP contribution >= 0.6 is 0 Å². The summed E-state index contributed by atoms with van der Waals surface area (Å²) in [4.78, 5) is 5.10. The van der Waals surface area contributed by atoms with Gasteiger partial charge in [0.2, 0.25) is 0 Å². The Kier molecular flexibility index (Phi) is 4.71. The molecule has 0 bridgehead atoms. The van der Waals surface area contributed by atoms with Crippen molar-refractivity contribution in [3.63, 3.8) is 0 Å². The molecule has 0 aromatic heterocycles. The van der Waals surface area contributed by atoms with E-state index in [1.165, 1.54) is 16.7 Å². The lowest BCUT2D eigenvalue weighted by atomic mass is 9.91. The van der Waals surface area contributed by atoms with Gasteiger partial charge in [-0.2, -0.15) is 0 Å². The van der Waals surface area contributed by atoms with Crippen molar-refractivity contribution >= 4 is 0 Å². The van der Waals surface area contributed by atoms with Gasteiger partial charge in [-0.25, -0.2) is 4.39 Å². The Morgan fingerprint density at radius 3 is 2.07 bits per heavy atom. The van der Waals surface area contributed by atoms with Crippen LogP contribution in [0.25, 0.3) is 0 Å². The summed E-state index contributed by atoms with van der Waals surface area (Å²) in [5.74, 6) is -0.121. The molecule has 3 heteroatoms. The SMILES string of the molecule is Fc1ccc2c(c1)CN(C1CN(C(c3ccccc3)c3ccccc3)C1)CC2. The second kappa shape index (κ2) is 7.50. The van der Waals surface area contributed by atoms with Crippen molar-refractivity contribution in [1.29, 1.82) is 0 Å². The van der Waals surface area contributed by atoms with Gasteiger partial charge in [0.05, 0.1) is 6.04 Å². The summed E-state index contributed by atoms with van der Waals surface area (Å²) in [6.07, 6.45) is 1.02. The highest BCUT2D eigenvalue weighted by molar-refractivity contribution is 5.33. The summed E-state index contributed by atoms with van der Waals surface area (Å²) < 4.78 is 13.6. The molecule has 0 amide bonds. The minimum atomic E-state index is -0.121. The Hall–Kier alpha value is -2.49. The molecule has 142 valence electrons. The number of halogens is 1. The van der Waals surface area contributed by atoms with E-state index in [0.29, 0.717) is 12.1 Å². The molecular formula is C25H25FN2. The zero-order chi connectivity index (χ0) is 18.9. The van der Waals surface area contributed by atoms with Gasteiger partial charge in [0.25, 0.3) is 0 Å². The first-order valence-electron chi connectivity index (χ1n) is 10.1. The van der Waals surface area contributed by atoms with Crippen LogP contribution in [0.15, 0.2) is 78.9 Å². The molecule has 0 N–H and O–H groups in total. The van der Waals surface area contributed by atoms with Gasteiger partial charge in [0, 0.05) is 32.2 Å². The van der Waals surface area contributed by atoms with E-state index in [4.69, 9.17) is 0 Å². The smallest absolute Gasteiger partial charge is 0.123 e. The molecule has 0 atom stereocenters. The van der Waals surface area contributed by atoms with E-state index in [1.807, 2.05) is 6.07 Å². The molecule has 5 rings (SSSR count). The van der Waals surface area contributed by atoms with Crippen molar-refractivity contribution in [3.8, 4) is 0 Å². The molecule has 0 radical (unpaired) electrons. The number of hydrogen-bond donors (Lipinski definition) is 0. The van der Waals surface area contributed by atoms with Gasteiger partial charge in [-0.1, -0.05) is 66.7 Å². The van der Waals surface area contributed by atoms with Crippen LogP contribution in [0.4, 0.5) is 4.39 Å². The van der Waals surface area contributed by atoms with Gasteiger partial charge < -0.3 is 0 Å². The summed E-state index contributed by atoms with van der Waals surface area (Å²) in [6, 6.07) is 27.7. The van der Waals surface area contributed by atoms with Gasteiger partial charge in [-0.15, -0.1) is 0 Å². The van der Waals surface area contributed by atoms with Crippen LogP contribution in [0, 0.1) is 5.82 Å². The van der Waals surface area contributed by atoms with Crippen molar-refractivity contribution in [2.75, 3.05) is 19.6 Å². The lowest BCUT2D eigenvalue weighted by molar-refractivity contribution is 0.00722. The molecule has 2 aliphatic heterocycles. The highest BCUT2D eigenvalue weighted by Gasteiger charge is 2.38. The lowest BCUT2D eigenvalue weighted by Crippen LogP contribution is -2.60. The zero-order valence-electron chi connectivity index (χ0n) is 16.0. The molecule has 3 aromatic carbocycles. The zero-order valence-corrected chi connectivity index (χ0v) is 16.0. The highest BCUT2D eigenvalue weighted by Crippen LogP contribution is 2.34. The minimum absolute atomic E-state index is 0.121. The van der Waals surface area contributed by atoms with E-state index < -0.39 is 0 Å². The van der Waals surface area contributed by atoms with Crippen molar-refractivity contribution in [2.24, 2.45) is 0 Å².